The number of ether oxygens (including phenoxy) is 1. The number of oxazole rings is 1. The number of hydrogen-bond acceptors (Lipinski definition) is 8. The third kappa shape index (κ3) is 3.17. The smallest absolute Gasteiger partial charge is 0.345 e. The van der Waals surface area contributed by atoms with Crippen molar-refractivity contribution in [1.82, 2.24) is 15.0 Å². The number of nitrogens with one attached hydrogen (secondary N) is 1. The van der Waals surface area contributed by atoms with Crippen molar-refractivity contribution in [2.75, 3.05) is 11.9 Å². The van der Waals surface area contributed by atoms with Crippen molar-refractivity contribution in [3.63, 3.8) is 0 Å². The molecule has 0 bridgehead atoms. The second kappa shape index (κ2) is 6.78. The minimum absolute atomic E-state index is 0.0555. The van der Waals surface area contributed by atoms with E-state index in [2.05, 4.69) is 20.3 Å². The van der Waals surface area contributed by atoms with E-state index in [1.165, 1.54) is 18.5 Å². The normalized spacial score (nSPS) is 11.5. The molecule has 8 heteroatoms. The fourth-order valence-electron chi connectivity index (χ4n) is 1.95. The Morgan fingerprint density at radius 1 is 1.33 bits per heavy atom. The summed E-state index contributed by atoms with van der Waals surface area (Å²) in [5, 5.41) is 12.5. The molecule has 24 heavy (non-hydrogen) atoms. The molecule has 0 saturated heterocycles. The average Bonchev–Trinajstić information content (AvgIpc) is 3.00. The molecule has 2 N–H and O–H groups in total. The van der Waals surface area contributed by atoms with Crippen LogP contribution < -0.4 is 5.32 Å². The molecule has 3 aromatic rings. The highest BCUT2D eigenvalue weighted by Gasteiger charge is 2.20. The van der Waals surface area contributed by atoms with E-state index in [9.17, 15) is 9.90 Å². The zero-order valence-electron chi connectivity index (χ0n) is 12.8. The number of anilines is 1. The van der Waals surface area contributed by atoms with Crippen LogP contribution in [0, 0.1) is 0 Å². The van der Waals surface area contributed by atoms with Gasteiger partial charge in [0.25, 0.3) is 0 Å². The highest BCUT2D eigenvalue weighted by molar-refractivity contribution is 6.15. The molecule has 0 aliphatic rings. The van der Waals surface area contributed by atoms with Crippen molar-refractivity contribution >= 4 is 28.6 Å². The van der Waals surface area contributed by atoms with Crippen LogP contribution in [0.2, 0.25) is 0 Å². The first-order chi connectivity index (χ1) is 11.7. The van der Waals surface area contributed by atoms with Crippen LogP contribution in [0.5, 0.6) is 5.75 Å². The Hall–Kier alpha value is -3.42. The van der Waals surface area contributed by atoms with Crippen LogP contribution in [0.3, 0.4) is 0 Å². The van der Waals surface area contributed by atoms with Gasteiger partial charge in [0.15, 0.2) is 22.8 Å². The summed E-state index contributed by atoms with van der Waals surface area (Å²) >= 11 is 0. The van der Waals surface area contributed by atoms with E-state index in [1.807, 2.05) is 0 Å². The zero-order chi connectivity index (χ0) is 16.9. The van der Waals surface area contributed by atoms with Crippen LogP contribution in [0.25, 0.3) is 16.8 Å². The van der Waals surface area contributed by atoms with E-state index in [0.717, 1.165) is 0 Å². The van der Waals surface area contributed by atoms with Crippen LogP contribution >= 0.6 is 0 Å². The number of esters is 1. The van der Waals surface area contributed by atoms with Crippen LogP contribution in [-0.4, -0.2) is 32.6 Å². The van der Waals surface area contributed by atoms with Gasteiger partial charge in [-0.2, -0.15) is 4.98 Å². The van der Waals surface area contributed by atoms with Gasteiger partial charge in [-0.1, -0.05) is 0 Å². The second-order valence-electron chi connectivity index (χ2n) is 4.64. The van der Waals surface area contributed by atoms with Gasteiger partial charge in [0, 0.05) is 18.6 Å². The lowest BCUT2D eigenvalue weighted by atomic mass is 10.3. The maximum Gasteiger partial charge on any atom is 0.345 e. The van der Waals surface area contributed by atoms with Gasteiger partial charge in [0.2, 0.25) is 5.89 Å². The molecule has 3 heterocycles. The van der Waals surface area contributed by atoms with Gasteiger partial charge in [0.1, 0.15) is 5.57 Å². The summed E-state index contributed by atoms with van der Waals surface area (Å²) in [4.78, 5) is 24.4. The van der Waals surface area contributed by atoms with E-state index in [1.54, 1.807) is 31.3 Å². The summed E-state index contributed by atoms with van der Waals surface area (Å²) in [6.45, 7) is 1.89. The number of pyridine rings is 2. The van der Waals surface area contributed by atoms with Gasteiger partial charge in [-0.05, 0) is 31.2 Å². The van der Waals surface area contributed by atoms with Crippen molar-refractivity contribution in [2.24, 2.45) is 0 Å². The number of carbonyl (C=O) groups is 1. The standard InChI is InChI=1S/C16H14N4O4/c1-2-23-16(22)10(9-19-13-11(21)5-3-7-17-13)15-20-14-12(24-15)6-4-8-18-14/h3-9,21H,2H2,1H3,(H,17,19)/b10-9+. The topological polar surface area (TPSA) is 110 Å². The van der Waals surface area contributed by atoms with E-state index < -0.39 is 5.97 Å². The Morgan fingerprint density at radius 2 is 2.12 bits per heavy atom. The molecule has 0 fully saturated rings. The lowest BCUT2D eigenvalue weighted by Gasteiger charge is -2.05. The zero-order valence-corrected chi connectivity index (χ0v) is 12.8. The molecule has 3 aromatic heterocycles. The van der Waals surface area contributed by atoms with Gasteiger partial charge >= 0.3 is 5.97 Å². The monoisotopic (exact) mass is 326 g/mol. The molecule has 0 saturated carbocycles. The van der Waals surface area contributed by atoms with Gasteiger partial charge in [-0.25, -0.2) is 14.8 Å². The number of aromatic hydroxyl groups is 1. The quantitative estimate of drug-likeness (QED) is 0.543. The lowest BCUT2D eigenvalue weighted by molar-refractivity contribution is -0.136. The summed E-state index contributed by atoms with van der Waals surface area (Å²) in [7, 11) is 0. The minimum Gasteiger partial charge on any atom is -0.504 e. The predicted octanol–water partition coefficient (Wildman–Crippen LogP) is 2.34. The number of nitrogens with zero attached hydrogens (tertiary/aromatic N) is 3. The van der Waals surface area contributed by atoms with Gasteiger partial charge < -0.3 is 19.6 Å². The van der Waals surface area contributed by atoms with Crippen molar-refractivity contribution in [3.8, 4) is 5.75 Å². The van der Waals surface area contributed by atoms with E-state index in [-0.39, 0.29) is 29.6 Å². The Labute approximate surface area is 136 Å². The number of hydrogen-bond donors (Lipinski definition) is 2. The molecule has 0 spiro atoms. The van der Waals surface area contributed by atoms with Crippen molar-refractivity contribution in [3.05, 3.63) is 48.7 Å². The first-order valence-corrected chi connectivity index (χ1v) is 7.18. The van der Waals surface area contributed by atoms with Gasteiger partial charge in [-0.3, -0.25) is 0 Å². The van der Waals surface area contributed by atoms with E-state index in [4.69, 9.17) is 9.15 Å². The fourth-order valence-corrected chi connectivity index (χ4v) is 1.95. The second-order valence-corrected chi connectivity index (χ2v) is 4.64. The molecule has 0 radical (unpaired) electrons. The van der Waals surface area contributed by atoms with Crippen molar-refractivity contribution < 1.29 is 19.1 Å². The summed E-state index contributed by atoms with van der Waals surface area (Å²) in [5.74, 6) is -0.429. The molecular formula is C16H14N4O4. The SMILES string of the molecule is CCOC(=O)/C(=C/Nc1ncccc1O)c1nc2ncccc2o1. The van der Waals surface area contributed by atoms with Crippen LogP contribution in [-0.2, 0) is 9.53 Å². The molecule has 3 rings (SSSR count). The van der Waals surface area contributed by atoms with Crippen molar-refractivity contribution in [1.29, 1.82) is 0 Å². The molecule has 0 amide bonds. The fraction of sp³-hybridized carbons (Fsp3) is 0.125. The van der Waals surface area contributed by atoms with Crippen LogP contribution in [0.1, 0.15) is 12.8 Å². The van der Waals surface area contributed by atoms with Gasteiger partial charge in [-0.15, -0.1) is 0 Å². The molecule has 0 atom stereocenters. The van der Waals surface area contributed by atoms with Crippen LogP contribution in [0.4, 0.5) is 5.82 Å². The maximum absolute atomic E-state index is 12.2. The third-order valence-corrected chi connectivity index (χ3v) is 3.03. The molecule has 0 aromatic carbocycles. The summed E-state index contributed by atoms with van der Waals surface area (Å²) < 4.78 is 10.6. The number of carbonyl (C=O) groups excluding carboxylic acids is 1. The molecular weight excluding hydrogens is 312 g/mol. The number of aromatic nitrogens is 3. The number of rotatable bonds is 5. The first kappa shape index (κ1) is 15.5. The summed E-state index contributed by atoms with van der Waals surface area (Å²) in [6, 6.07) is 6.45. The Bertz CT molecular complexity index is 871. The molecule has 0 aliphatic carbocycles. The largest absolute Gasteiger partial charge is 0.504 e. The molecule has 122 valence electrons. The lowest BCUT2D eigenvalue weighted by Crippen LogP contribution is -2.09. The molecule has 0 aliphatic heterocycles. The average molecular weight is 326 g/mol. The molecule has 8 nitrogen and oxygen atoms in total. The predicted molar refractivity (Wildman–Crippen MR) is 85.9 cm³/mol. The van der Waals surface area contributed by atoms with E-state index >= 15 is 0 Å². The highest BCUT2D eigenvalue weighted by Crippen LogP contribution is 2.23. The molecule has 0 unspecified atom stereocenters. The Morgan fingerprint density at radius 3 is 2.88 bits per heavy atom. The van der Waals surface area contributed by atoms with Crippen molar-refractivity contribution in [2.45, 2.75) is 6.92 Å². The Kier molecular flexibility index (Phi) is 4.37. The summed E-state index contributed by atoms with van der Waals surface area (Å²) in [5.41, 5.74) is 0.881. The van der Waals surface area contributed by atoms with Gasteiger partial charge in [0.05, 0.1) is 6.61 Å². The maximum atomic E-state index is 12.2. The Balaban J connectivity index is 1.98. The van der Waals surface area contributed by atoms with Crippen LogP contribution in [0.15, 0.2) is 47.3 Å². The summed E-state index contributed by atoms with van der Waals surface area (Å²) in [6.07, 6.45) is 4.40. The minimum atomic E-state index is -0.619. The van der Waals surface area contributed by atoms with E-state index in [0.29, 0.717) is 11.2 Å². The number of fused-ring (bicyclic) bond motifs is 1. The highest BCUT2D eigenvalue weighted by atomic mass is 16.5. The first-order valence-electron chi connectivity index (χ1n) is 7.18. The third-order valence-electron chi connectivity index (χ3n) is 3.03.